The van der Waals surface area contributed by atoms with Gasteiger partial charge in [0.1, 0.15) is 5.82 Å². The summed E-state index contributed by atoms with van der Waals surface area (Å²) >= 11 is 0. The third kappa shape index (κ3) is 4.77. The number of aryl methyl sites for hydroxylation is 1. The SMILES string of the molecule is CCC(=O)Nc1ccc(S(=O)(=O)NCc2cc(C)n(-c3ccc(F)cc3)c2C)cc1. The molecule has 0 fully saturated rings. The second-order valence-corrected chi connectivity index (χ2v) is 8.73. The lowest BCUT2D eigenvalue weighted by atomic mass is 10.2. The van der Waals surface area contributed by atoms with Crippen molar-refractivity contribution in [2.24, 2.45) is 0 Å². The fraction of sp³-hybridized carbons (Fsp3) is 0.227. The average Bonchev–Trinajstić information content (AvgIpc) is 3.01. The van der Waals surface area contributed by atoms with Crippen LogP contribution in [0.4, 0.5) is 10.1 Å². The summed E-state index contributed by atoms with van der Waals surface area (Å²) in [6, 6.07) is 14.1. The van der Waals surface area contributed by atoms with E-state index in [0.717, 1.165) is 22.6 Å². The second kappa shape index (κ2) is 8.81. The van der Waals surface area contributed by atoms with Crippen LogP contribution in [0.2, 0.25) is 0 Å². The van der Waals surface area contributed by atoms with E-state index in [2.05, 4.69) is 10.0 Å². The smallest absolute Gasteiger partial charge is 0.240 e. The molecule has 1 amide bonds. The fourth-order valence-electron chi connectivity index (χ4n) is 3.22. The first-order valence-electron chi connectivity index (χ1n) is 9.54. The molecule has 0 aliphatic carbocycles. The van der Waals surface area contributed by atoms with E-state index in [1.807, 2.05) is 24.5 Å². The van der Waals surface area contributed by atoms with Crippen LogP contribution in [0.3, 0.4) is 0 Å². The van der Waals surface area contributed by atoms with Crippen molar-refractivity contribution in [3.8, 4) is 5.69 Å². The molecule has 6 nitrogen and oxygen atoms in total. The Balaban J connectivity index is 1.75. The molecule has 0 radical (unpaired) electrons. The second-order valence-electron chi connectivity index (χ2n) is 6.96. The van der Waals surface area contributed by atoms with Crippen LogP contribution in [0, 0.1) is 19.7 Å². The van der Waals surface area contributed by atoms with E-state index in [4.69, 9.17) is 0 Å². The van der Waals surface area contributed by atoms with Crippen LogP contribution in [-0.4, -0.2) is 18.9 Å². The van der Waals surface area contributed by atoms with Gasteiger partial charge in [0.2, 0.25) is 15.9 Å². The Bertz CT molecular complexity index is 1150. The zero-order chi connectivity index (χ0) is 21.9. The summed E-state index contributed by atoms with van der Waals surface area (Å²) in [5.74, 6) is -0.449. The van der Waals surface area contributed by atoms with Crippen LogP contribution < -0.4 is 10.0 Å². The van der Waals surface area contributed by atoms with Gasteiger partial charge in [0.15, 0.2) is 0 Å². The first kappa shape index (κ1) is 21.7. The molecule has 2 N–H and O–H groups in total. The maximum Gasteiger partial charge on any atom is 0.240 e. The summed E-state index contributed by atoms with van der Waals surface area (Å²) in [6.45, 7) is 5.67. The molecule has 0 atom stereocenters. The number of carbonyl (C=O) groups is 1. The molecule has 0 saturated carbocycles. The maximum atomic E-state index is 13.2. The molecule has 1 aromatic heterocycles. The molecule has 0 spiro atoms. The molecule has 0 saturated heterocycles. The third-order valence-electron chi connectivity index (χ3n) is 4.84. The Morgan fingerprint density at radius 3 is 2.27 bits per heavy atom. The Labute approximate surface area is 175 Å². The number of nitrogens with one attached hydrogen (secondary N) is 2. The number of carbonyl (C=O) groups excluding carboxylic acids is 1. The van der Waals surface area contributed by atoms with E-state index in [1.54, 1.807) is 31.2 Å². The molecule has 0 bridgehead atoms. The number of aromatic nitrogens is 1. The van der Waals surface area contributed by atoms with Gasteiger partial charge in [-0.3, -0.25) is 4.79 Å². The summed E-state index contributed by atoms with van der Waals surface area (Å²) in [5, 5.41) is 2.68. The summed E-state index contributed by atoms with van der Waals surface area (Å²) < 4.78 is 43.1. The molecule has 30 heavy (non-hydrogen) atoms. The highest BCUT2D eigenvalue weighted by Crippen LogP contribution is 2.22. The number of sulfonamides is 1. The lowest BCUT2D eigenvalue weighted by Crippen LogP contribution is -2.23. The number of benzene rings is 2. The third-order valence-corrected chi connectivity index (χ3v) is 6.26. The van der Waals surface area contributed by atoms with Crippen molar-refractivity contribution in [3.05, 3.63) is 77.4 Å². The van der Waals surface area contributed by atoms with Crippen LogP contribution in [-0.2, 0) is 21.4 Å². The fourth-order valence-corrected chi connectivity index (χ4v) is 4.23. The number of hydrogen-bond acceptors (Lipinski definition) is 3. The van der Waals surface area contributed by atoms with E-state index >= 15 is 0 Å². The van der Waals surface area contributed by atoms with Crippen molar-refractivity contribution in [1.29, 1.82) is 0 Å². The van der Waals surface area contributed by atoms with E-state index in [9.17, 15) is 17.6 Å². The molecular weight excluding hydrogens is 405 g/mol. The number of halogens is 1. The van der Waals surface area contributed by atoms with E-state index < -0.39 is 10.0 Å². The van der Waals surface area contributed by atoms with Crippen LogP contribution >= 0.6 is 0 Å². The number of rotatable bonds is 7. The van der Waals surface area contributed by atoms with Crippen molar-refractivity contribution in [1.82, 2.24) is 9.29 Å². The molecule has 3 aromatic rings. The van der Waals surface area contributed by atoms with Gasteiger partial charge < -0.3 is 9.88 Å². The lowest BCUT2D eigenvalue weighted by molar-refractivity contribution is -0.115. The van der Waals surface area contributed by atoms with E-state index in [0.29, 0.717) is 12.1 Å². The quantitative estimate of drug-likeness (QED) is 0.594. The minimum Gasteiger partial charge on any atom is -0.326 e. The van der Waals surface area contributed by atoms with E-state index in [-0.39, 0.29) is 23.2 Å². The standard InChI is InChI=1S/C22H24FN3O3S/c1-4-22(27)25-19-7-11-21(12-8-19)30(28,29)24-14-17-13-15(2)26(16(17)3)20-9-5-18(23)6-10-20/h5-13,24H,4,14H2,1-3H3,(H,25,27). The molecule has 0 aliphatic rings. The number of anilines is 1. The Kier molecular flexibility index (Phi) is 6.38. The largest absolute Gasteiger partial charge is 0.326 e. The van der Waals surface area contributed by atoms with Crippen LogP contribution in [0.5, 0.6) is 0 Å². The van der Waals surface area contributed by atoms with Gasteiger partial charge in [-0.25, -0.2) is 17.5 Å². The summed E-state index contributed by atoms with van der Waals surface area (Å²) in [7, 11) is -3.72. The van der Waals surface area contributed by atoms with Crippen molar-refractivity contribution < 1.29 is 17.6 Å². The normalized spacial score (nSPS) is 11.5. The monoisotopic (exact) mass is 429 g/mol. The zero-order valence-corrected chi connectivity index (χ0v) is 17.9. The highest BCUT2D eigenvalue weighted by atomic mass is 32.2. The van der Waals surface area contributed by atoms with Crippen LogP contribution in [0.15, 0.2) is 59.5 Å². The van der Waals surface area contributed by atoms with Gasteiger partial charge in [0.05, 0.1) is 4.90 Å². The molecule has 0 unspecified atom stereocenters. The maximum absolute atomic E-state index is 13.2. The molecule has 0 aliphatic heterocycles. The molecule has 3 rings (SSSR count). The van der Waals surface area contributed by atoms with Gasteiger partial charge in [-0.15, -0.1) is 0 Å². The summed E-state index contributed by atoms with van der Waals surface area (Å²) in [5.41, 5.74) is 3.98. The van der Waals surface area contributed by atoms with Crippen LogP contribution in [0.1, 0.15) is 30.3 Å². The molecule has 158 valence electrons. The highest BCUT2D eigenvalue weighted by molar-refractivity contribution is 7.89. The Morgan fingerprint density at radius 1 is 1.03 bits per heavy atom. The van der Waals surface area contributed by atoms with Gasteiger partial charge in [-0.05, 0) is 74.0 Å². The zero-order valence-electron chi connectivity index (χ0n) is 17.1. The van der Waals surface area contributed by atoms with Crippen LogP contribution in [0.25, 0.3) is 5.69 Å². The predicted molar refractivity (Wildman–Crippen MR) is 115 cm³/mol. The van der Waals surface area contributed by atoms with Crippen molar-refractivity contribution in [2.45, 2.75) is 38.6 Å². The van der Waals surface area contributed by atoms with Gasteiger partial charge in [-0.2, -0.15) is 0 Å². The van der Waals surface area contributed by atoms with Gasteiger partial charge in [-0.1, -0.05) is 6.92 Å². The summed E-state index contributed by atoms with van der Waals surface area (Å²) in [4.78, 5) is 11.6. The Hall–Kier alpha value is -2.97. The van der Waals surface area contributed by atoms with Gasteiger partial charge >= 0.3 is 0 Å². The summed E-state index contributed by atoms with van der Waals surface area (Å²) in [6.07, 6.45) is 0.345. The average molecular weight is 430 g/mol. The minimum atomic E-state index is -3.72. The Morgan fingerprint density at radius 2 is 1.67 bits per heavy atom. The van der Waals surface area contributed by atoms with Gasteiger partial charge in [0, 0.05) is 35.7 Å². The number of nitrogens with zero attached hydrogens (tertiary/aromatic N) is 1. The first-order chi connectivity index (χ1) is 14.2. The molecule has 1 heterocycles. The molecule has 2 aromatic carbocycles. The van der Waals surface area contributed by atoms with Crippen molar-refractivity contribution >= 4 is 21.6 Å². The van der Waals surface area contributed by atoms with Crippen molar-refractivity contribution in [3.63, 3.8) is 0 Å². The number of hydrogen-bond donors (Lipinski definition) is 2. The topological polar surface area (TPSA) is 80.2 Å². The van der Waals surface area contributed by atoms with Gasteiger partial charge in [0.25, 0.3) is 0 Å². The highest BCUT2D eigenvalue weighted by Gasteiger charge is 2.17. The lowest BCUT2D eigenvalue weighted by Gasteiger charge is -2.11. The molecule has 8 heteroatoms. The van der Waals surface area contributed by atoms with E-state index in [1.165, 1.54) is 24.3 Å². The first-order valence-corrected chi connectivity index (χ1v) is 11.0. The number of amides is 1. The molecular formula is C22H24FN3O3S. The van der Waals surface area contributed by atoms with Crippen molar-refractivity contribution in [2.75, 3.05) is 5.32 Å². The minimum absolute atomic E-state index is 0.115. The predicted octanol–water partition coefficient (Wildman–Crippen LogP) is 4.06.